The molecule has 0 spiro atoms. The maximum Gasteiger partial charge on any atom is 0.349 e. The molecule has 0 radical (unpaired) electrons. The number of aromatic nitrogens is 2. The van der Waals surface area contributed by atoms with Crippen LogP contribution in [0.1, 0.15) is 21.1 Å². The van der Waals surface area contributed by atoms with Crippen molar-refractivity contribution in [2.75, 3.05) is 7.11 Å². The van der Waals surface area contributed by atoms with Crippen LogP contribution in [0.4, 0.5) is 0 Å². The van der Waals surface area contributed by atoms with Crippen LogP contribution in [-0.4, -0.2) is 23.0 Å². The van der Waals surface area contributed by atoms with Gasteiger partial charge in [0.15, 0.2) is 0 Å². The number of para-hydroxylation sites is 1. The molecule has 0 aliphatic carbocycles. The van der Waals surface area contributed by atoms with Gasteiger partial charge in [0.1, 0.15) is 9.88 Å². The monoisotopic (exact) mass is 298 g/mol. The fourth-order valence-corrected chi connectivity index (χ4v) is 3.29. The Morgan fingerprint density at radius 3 is 2.71 bits per heavy atom. The van der Waals surface area contributed by atoms with Gasteiger partial charge in [-0.15, -0.1) is 11.3 Å². The minimum atomic E-state index is -0.341. The van der Waals surface area contributed by atoms with Gasteiger partial charge < -0.3 is 4.74 Å². The van der Waals surface area contributed by atoms with E-state index >= 15 is 0 Å². The summed E-state index contributed by atoms with van der Waals surface area (Å²) in [6.45, 7) is 3.78. The van der Waals surface area contributed by atoms with E-state index in [1.165, 1.54) is 18.4 Å². The summed E-state index contributed by atoms with van der Waals surface area (Å²) >= 11 is 1.36. The van der Waals surface area contributed by atoms with E-state index in [1.807, 2.05) is 44.2 Å². The second-order valence-electron chi connectivity index (χ2n) is 4.75. The SMILES string of the molecule is COC(=O)c1sc(-c2cc(C)nc3ccccc23)nc1C. The Morgan fingerprint density at radius 1 is 1.19 bits per heavy atom. The van der Waals surface area contributed by atoms with Gasteiger partial charge in [0.25, 0.3) is 0 Å². The molecule has 0 atom stereocenters. The highest BCUT2D eigenvalue weighted by Gasteiger charge is 2.18. The van der Waals surface area contributed by atoms with Crippen molar-refractivity contribution in [3.8, 4) is 10.6 Å². The molecule has 2 aromatic heterocycles. The number of aryl methyl sites for hydroxylation is 2. The number of nitrogens with zero attached hydrogens (tertiary/aromatic N) is 2. The van der Waals surface area contributed by atoms with Crippen molar-refractivity contribution in [2.24, 2.45) is 0 Å². The predicted molar refractivity (Wildman–Crippen MR) is 83.7 cm³/mol. The highest BCUT2D eigenvalue weighted by atomic mass is 32.1. The second kappa shape index (κ2) is 5.26. The minimum Gasteiger partial charge on any atom is -0.465 e. The Labute approximate surface area is 126 Å². The number of fused-ring (bicyclic) bond motifs is 1. The lowest BCUT2D eigenvalue weighted by molar-refractivity contribution is 0.0605. The molecule has 0 amide bonds. The Kier molecular flexibility index (Phi) is 3.43. The van der Waals surface area contributed by atoms with E-state index in [0.29, 0.717) is 10.6 Å². The maximum atomic E-state index is 11.7. The number of rotatable bonds is 2. The smallest absolute Gasteiger partial charge is 0.349 e. The summed E-state index contributed by atoms with van der Waals surface area (Å²) in [6.07, 6.45) is 0. The number of esters is 1. The molecule has 3 rings (SSSR count). The molecule has 0 unspecified atom stereocenters. The van der Waals surface area contributed by atoms with E-state index < -0.39 is 0 Å². The molecule has 21 heavy (non-hydrogen) atoms. The van der Waals surface area contributed by atoms with Crippen LogP contribution in [0, 0.1) is 13.8 Å². The molecule has 0 saturated carbocycles. The van der Waals surface area contributed by atoms with Crippen LogP contribution in [0.2, 0.25) is 0 Å². The van der Waals surface area contributed by atoms with Crippen LogP contribution in [0.3, 0.4) is 0 Å². The molecule has 2 heterocycles. The summed E-state index contributed by atoms with van der Waals surface area (Å²) in [4.78, 5) is 21.4. The zero-order chi connectivity index (χ0) is 15.0. The van der Waals surface area contributed by atoms with Crippen LogP contribution in [0.25, 0.3) is 21.5 Å². The Balaban J connectivity index is 2.23. The largest absolute Gasteiger partial charge is 0.465 e. The van der Waals surface area contributed by atoms with Crippen molar-refractivity contribution in [2.45, 2.75) is 13.8 Å². The first-order valence-electron chi connectivity index (χ1n) is 6.52. The Bertz CT molecular complexity index is 839. The standard InChI is InChI=1S/C16H14N2O2S/c1-9-8-12(11-6-4-5-7-13(11)17-9)15-18-10(2)14(21-15)16(19)20-3/h4-8H,1-3H3. The molecule has 4 nitrogen and oxygen atoms in total. The lowest BCUT2D eigenvalue weighted by Gasteiger charge is -2.04. The van der Waals surface area contributed by atoms with Crippen LogP contribution >= 0.6 is 11.3 Å². The third-order valence-corrected chi connectivity index (χ3v) is 4.41. The number of ether oxygens (including phenoxy) is 1. The topological polar surface area (TPSA) is 52.1 Å². The van der Waals surface area contributed by atoms with Gasteiger partial charge in [0.2, 0.25) is 0 Å². The van der Waals surface area contributed by atoms with Gasteiger partial charge in [0.05, 0.1) is 18.3 Å². The zero-order valence-corrected chi connectivity index (χ0v) is 12.8. The first-order valence-corrected chi connectivity index (χ1v) is 7.34. The van der Waals surface area contributed by atoms with Gasteiger partial charge >= 0.3 is 5.97 Å². The Morgan fingerprint density at radius 2 is 1.95 bits per heavy atom. The fraction of sp³-hybridized carbons (Fsp3) is 0.188. The van der Waals surface area contributed by atoms with Gasteiger partial charge in [0, 0.05) is 16.6 Å². The summed E-state index contributed by atoms with van der Waals surface area (Å²) in [6, 6.07) is 9.94. The number of methoxy groups -OCH3 is 1. The molecular weight excluding hydrogens is 284 g/mol. The Hall–Kier alpha value is -2.27. The number of pyridine rings is 1. The van der Waals surface area contributed by atoms with Crippen LogP contribution in [0.15, 0.2) is 30.3 Å². The van der Waals surface area contributed by atoms with Crippen molar-refractivity contribution in [3.05, 3.63) is 46.6 Å². The van der Waals surface area contributed by atoms with Gasteiger partial charge in [-0.25, -0.2) is 9.78 Å². The van der Waals surface area contributed by atoms with Gasteiger partial charge in [-0.1, -0.05) is 18.2 Å². The number of carbonyl (C=O) groups excluding carboxylic acids is 1. The molecule has 0 aliphatic rings. The third kappa shape index (κ3) is 2.40. The average Bonchev–Trinajstić information content (AvgIpc) is 2.87. The number of carbonyl (C=O) groups is 1. The molecule has 0 saturated heterocycles. The number of thiazole rings is 1. The third-order valence-electron chi connectivity index (χ3n) is 3.24. The summed E-state index contributed by atoms with van der Waals surface area (Å²) in [5.41, 5.74) is 3.55. The van der Waals surface area contributed by atoms with Crippen molar-refractivity contribution < 1.29 is 9.53 Å². The minimum absolute atomic E-state index is 0.341. The first kappa shape index (κ1) is 13.7. The summed E-state index contributed by atoms with van der Waals surface area (Å²) in [7, 11) is 1.38. The van der Waals surface area contributed by atoms with Crippen molar-refractivity contribution >= 4 is 28.2 Å². The molecule has 5 heteroatoms. The lowest BCUT2D eigenvalue weighted by Crippen LogP contribution is -1.99. The zero-order valence-electron chi connectivity index (χ0n) is 12.0. The van der Waals surface area contributed by atoms with Crippen LogP contribution in [0.5, 0.6) is 0 Å². The molecule has 106 valence electrons. The molecule has 0 aliphatic heterocycles. The van der Waals surface area contributed by atoms with Crippen molar-refractivity contribution in [1.29, 1.82) is 0 Å². The highest BCUT2D eigenvalue weighted by Crippen LogP contribution is 2.33. The summed E-state index contributed by atoms with van der Waals surface area (Å²) < 4.78 is 4.80. The van der Waals surface area contributed by atoms with Crippen LogP contribution < -0.4 is 0 Å². The molecule has 3 aromatic rings. The van der Waals surface area contributed by atoms with E-state index in [0.717, 1.165) is 27.2 Å². The predicted octanol–water partition coefficient (Wildman–Crippen LogP) is 3.76. The summed E-state index contributed by atoms with van der Waals surface area (Å²) in [5.74, 6) is -0.341. The van der Waals surface area contributed by atoms with Gasteiger partial charge in [-0.3, -0.25) is 4.98 Å². The van der Waals surface area contributed by atoms with Crippen LogP contribution in [-0.2, 0) is 4.74 Å². The van der Waals surface area contributed by atoms with E-state index in [4.69, 9.17) is 4.74 Å². The van der Waals surface area contributed by atoms with E-state index in [-0.39, 0.29) is 5.97 Å². The number of benzene rings is 1. The van der Waals surface area contributed by atoms with Crippen molar-refractivity contribution in [1.82, 2.24) is 9.97 Å². The van der Waals surface area contributed by atoms with Gasteiger partial charge in [-0.05, 0) is 26.0 Å². The first-order chi connectivity index (χ1) is 10.1. The summed E-state index contributed by atoms with van der Waals surface area (Å²) in [5, 5.41) is 1.85. The van der Waals surface area contributed by atoms with E-state index in [1.54, 1.807) is 0 Å². The number of hydrogen-bond donors (Lipinski definition) is 0. The average molecular weight is 298 g/mol. The van der Waals surface area contributed by atoms with Gasteiger partial charge in [-0.2, -0.15) is 0 Å². The maximum absolute atomic E-state index is 11.7. The lowest BCUT2D eigenvalue weighted by atomic mass is 10.1. The second-order valence-corrected chi connectivity index (χ2v) is 5.75. The van der Waals surface area contributed by atoms with E-state index in [2.05, 4.69) is 9.97 Å². The molecular formula is C16H14N2O2S. The number of hydrogen-bond acceptors (Lipinski definition) is 5. The fourth-order valence-electron chi connectivity index (χ4n) is 2.28. The highest BCUT2D eigenvalue weighted by molar-refractivity contribution is 7.17. The van der Waals surface area contributed by atoms with Crippen molar-refractivity contribution in [3.63, 3.8) is 0 Å². The quantitative estimate of drug-likeness (QED) is 0.676. The normalized spacial score (nSPS) is 10.8. The molecule has 0 fully saturated rings. The van der Waals surface area contributed by atoms with E-state index in [9.17, 15) is 4.79 Å². The molecule has 1 aromatic carbocycles. The molecule has 0 N–H and O–H groups in total. The molecule has 0 bridgehead atoms.